The molecule has 0 saturated heterocycles. The Bertz CT molecular complexity index is 379. The summed E-state index contributed by atoms with van der Waals surface area (Å²) in [4.78, 5) is 11.5. The molecule has 0 radical (unpaired) electrons. The first-order valence-electron chi connectivity index (χ1n) is 4.91. The number of carbonyl (C=O) groups excluding carboxylic acids is 1. The molecule has 3 nitrogen and oxygen atoms in total. The van der Waals surface area contributed by atoms with Gasteiger partial charge in [0.2, 0.25) is 0 Å². The molecule has 0 spiro atoms. The molecule has 0 fully saturated rings. The minimum absolute atomic E-state index is 0.0499. The molecule has 3 heteroatoms. The van der Waals surface area contributed by atoms with Crippen molar-refractivity contribution in [2.75, 3.05) is 13.2 Å². The van der Waals surface area contributed by atoms with E-state index < -0.39 is 0 Å². The third kappa shape index (κ3) is 4.11. The average molecular weight is 218 g/mol. The van der Waals surface area contributed by atoms with Crippen LogP contribution in [-0.4, -0.2) is 24.3 Å². The van der Waals surface area contributed by atoms with E-state index in [0.717, 1.165) is 0 Å². The summed E-state index contributed by atoms with van der Waals surface area (Å²) in [6.45, 7) is 3.76. The molecule has 1 rings (SSSR count). The van der Waals surface area contributed by atoms with Gasteiger partial charge in [0.25, 0.3) is 0 Å². The number of hydrogen-bond donors (Lipinski definition) is 1. The molecule has 0 aromatic heterocycles. The third-order valence-electron chi connectivity index (χ3n) is 1.86. The lowest BCUT2D eigenvalue weighted by molar-refractivity contribution is 0.0543. The van der Waals surface area contributed by atoms with E-state index in [1.54, 1.807) is 36.4 Å². The van der Waals surface area contributed by atoms with E-state index in [1.807, 2.05) is 6.07 Å². The van der Waals surface area contributed by atoms with E-state index in [0.29, 0.717) is 11.1 Å². The van der Waals surface area contributed by atoms with Crippen LogP contribution in [-0.2, 0) is 4.74 Å². The first-order chi connectivity index (χ1) is 7.74. The summed E-state index contributed by atoms with van der Waals surface area (Å²) in [6.07, 6.45) is 3.16. The highest BCUT2D eigenvalue weighted by molar-refractivity contribution is 5.89. The first-order valence-corrected chi connectivity index (χ1v) is 4.91. The van der Waals surface area contributed by atoms with Crippen LogP contribution in [0.15, 0.2) is 54.6 Å². The van der Waals surface area contributed by atoms with Gasteiger partial charge in [-0.2, -0.15) is 0 Å². The van der Waals surface area contributed by atoms with E-state index in [4.69, 9.17) is 9.84 Å². The number of ether oxygens (including phenoxy) is 1. The molecule has 0 aliphatic rings. The van der Waals surface area contributed by atoms with Gasteiger partial charge >= 0.3 is 5.97 Å². The number of carbonyl (C=O) groups is 1. The summed E-state index contributed by atoms with van der Waals surface area (Å²) >= 11 is 0. The molecule has 0 aliphatic carbocycles. The zero-order chi connectivity index (χ0) is 11.8. The monoisotopic (exact) mass is 218 g/mol. The molecule has 1 N–H and O–H groups in total. The second-order valence-corrected chi connectivity index (χ2v) is 3.19. The standard InChI is InChI=1S/C13H14O3/c1-11(6-5-9-14)10-16-13(15)12-7-3-2-4-8-12/h2-8,14H,1,9-10H2/b6-5-. The Labute approximate surface area is 94.7 Å². The van der Waals surface area contributed by atoms with Crippen LogP contribution in [0.3, 0.4) is 0 Å². The fourth-order valence-electron chi connectivity index (χ4n) is 1.08. The van der Waals surface area contributed by atoms with Crippen molar-refractivity contribution in [3.63, 3.8) is 0 Å². The molecule has 0 heterocycles. The lowest BCUT2D eigenvalue weighted by atomic mass is 10.2. The van der Waals surface area contributed by atoms with Crippen molar-refractivity contribution in [3.05, 3.63) is 60.2 Å². The second kappa shape index (κ2) is 6.58. The van der Waals surface area contributed by atoms with Crippen molar-refractivity contribution in [2.24, 2.45) is 0 Å². The van der Waals surface area contributed by atoms with Gasteiger partial charge in [-0.15, -0.1) is 0 Å². The minimum Gasteiger partial charge on any atom is -0.457 e. The van der Waals surface area contributed by atoms with Crippen molar-refractivity contribution < 1.29 is 14.6 Å². The highest BCUT2D eigenvalue weighted by Gasteiger charge is 2.05. The van der Waals surface area contributed by atoms with Crippen molar-refractivity contribution in [2.45, 2.75) is 0 Å². The number of rotatable bonds is 5. The van der Waals surface area contributed by atoms with Gasteiger partial charge in [0.15, 0.2) is 0 Å². The third-order valence-corrected chi connectivity index (χ3v) is 1.86. The quantitative estimate of drug-likeness (QED) is 0.607. The largest absolute Gasteiger partial charge is 0.457 e. The van der Waals surface area contributed by atoms with Crippen molar-refractivity contribution in [3.8, 4) is 0 Å². The lowest BCUT2D eigenvalue weighted by Crippen LogP contribution is -2.06. The molecule has 0 atom stereocenters. The Kier molecular flexibility index (Phi) is 5.02. The smallest absolute Gasteiger partial charge is 0.338 e. The van der Waals surface area contributed by atoms with E-state index in [1.165, 1.54) is 0 Å². The van der Waals surface area contributed by atoms with Crippen LogP contribution >= 0.6 is 0 Å². The van der Waals surface area contributed by atoms with Gasteiger partial charge in [-0.1, -0.05) is 36.9 Å². The highest BCUT2D eigenvalue weighted by atomic mass is 16.5. The fraction of sp³-hybridized carbons (Fsp3) is 0.154. The number of hydrogen-bond acceptors (Lipinski definition) is 3. The van der Waals surface area contributed by atoms with Crippen LogP contribution in [0.25, 0.3) is 0 Å². The summed E-state index contributed by atoms with van der Waals surface area (Å²) < 4.78 is 5.02. The van der Waals surface area contributed by atoms with E-state index in [2.05, 4.69) is 6.58 Å². The van der Waals surface area contributed by atoms with E-state index in [-0.39, 0.29) is 19.2 Å². The highest BCUT2D eigenvalue weighted by Crippen LogP contribution is 2.03. The molecule has 84 valence electrons. The summed E-state index contributed by atoms with van der Waals surface area (Å²) in [7, 11) is 0. The number of aliphatic hydroxyl groups excluding tert-OH is 1. The van der Waals surface area contributed by atoms with E-state index >= 15 is 0 Å². The fourth-order valence-corrected chi connectivity index (χ4v) is 1.08. The van der Waals surface area contributed by atoms with E-state index in [9.17, 15) is 4.79 Å². The average Bonchev–Trinajstić information content (AvgIpc) is 2.34. The normalized spacial score (nSPS) is 10.3. The van der Waals surface area contributed by atoms with Crippen molar-refractivity contribution >= 4 is 5.97 Å². The van der Waals surface area contributed by atoms with Crippen LogP contribution in [0.1, 0.15) is 10.4 Å². The van der Waals surface area contributed by atoms with Crippen LogP contribution in [0.2, 0.25) is 0 Å². The van der Waals surface area contributed by atoms with Crippen molar-refractivity contribution in [1.29, 1.82) is 0 Å². The van der Waals surface area contributed by atoms with Gasteiger partial charge in [-0.3, -0.25) is 0 Å². The molecule has 0 bridgehead atoms. The Morgan fingerprint density at radius 3 is 2.69 bits per heavy atom. The topological polar surface area (TPSA) is 46.5 Å². The molecule has 1 aromatic carbocycles. The first kappa shape index (κ1) is 12.2. The van der Waals surface area contributed by atoms with Crippen LogP contribution in [0, 0.1) is 0 Å². The molecule has 0 unspecified atom stereocenters. The van der Waals surface area contributed by atoms with Gasteiger partial charge in [0.05, 0.1) is 12.2 Å². The van der Waals surface area contributed by atoms with Crippen LogP contribution < -0.4 is 0 Å². The molecular weight excluding hydrogens is 204 g/mol. The minimum atomic E-state index is -0.376. The molecule has 0 saturated carbocycles. The van der Waals surface area contributed by atoms with Crippen LogP contribution in [0.4, 0.5) is 0 Å². The molecule has 0 amide bonds. The van der Waals surface area contributed by atoms with Crippen LogP contribution in [0.5, 0.6) is 0 Å². The molecule has 16 heavy (non-hydrogen) atoms. The maximum absolute atomic E-state index is 11.5. The SMILES string of the molecule is C=C(/C=C\CO)COC(=O)c1ccccc1. The Morgan fingerprint density at radius 2 is 2.06 bits per heavy atom. The maximum atomic E-state index is 11.5. The van der Waals surface area contributed by atoms with Gasteiger partial charge in [-0.05, 0) is 17.7 Å². The second-order valence-electron chi connectivity index (χ2n) is 3.19. The van der Waals surface area contributed by atoms with Gasteiger partial charge in [0.1, 0.15) is 6.61 Å². The van der Waals surface area contributed by atoms with Gasteiger partial charge in [-0.25, -0.2) is 4.79 Å². The molecule has 1 aromatic rings. The summed E-state index contributed by atoms with van der Waals surface area (Å²) in [5, 5.41) is 8.53. The van der Waals surface area contributed by atoms with Crippen molar-refractivity contribution in [1.82, 2.24) is 0 Å². The number of aliphatic hydroxyl groups is 1. The number of esters is 1. The summed E-state index contributed by atoms with van der Waals surface area (Å²) in [5.74, 6) is -0.376. The van der Waals surface area contributed by atoms with Gasteiger partial charge in [0, 0.05) is 0 Å². The molecule has 0 aliphatic heterocycles. The number of benzene rings is 1. The zero-order valence-electron chi connectivity index (χ0n) is 8.93. The predicted octanol–water partition coefficient (Wildman–Crippen LogP) is 1.95. The lowest BCUT2D eigenvalue weighted by Gasteiger charge is -2.04. The molecular formula is C13H14O3. The van der Waals surface area contributed by atoms with Gasteiger partial charge < -0.3 is 9.84 Å². The zero-order valence-corrected chi connectivity index (χ0v) is 8.93. The Morgan fingerprint density at radius 1 is 1.38 bits per heavy atom. The summed E-state index contributed by atoms with van der Waals surface area (Å²) in [6, 6.07) is 8.76. The maximum Gasteiger partial charge on any atom is 0.338 e. The predicted molar refractivity (Wildman–Crippen MR) is 62.1 cm³/mol. The summed E-state index contributed by atoms with van der Waals surface area (Å²) in [5.41, 5.74) is 1.15. The Hall–Kier alpha value is -1.87. The Balaban J connectivity index is 2.42.